The number of methoxy groups -OCH3 is 1. The maximum absolute atomic E-state index is 12.7. The number of hydrogen-bond donors (Lipinski definition) is 2. The van der Waals surface area contributed by atoms with Crippen molar-refractivity contribution in [3.8, 4) is 0 Å². The summed E-state index contributed by atoms with van der Waals surface area (Å²) < 4.78 is 11.5. The van der Waals surface area contributed by atoms with Crippen molar-refractivity contribution in [1.29, 1.82) is 0 Å². The maximum Gasteiger partial charge on any atom is 0.274 e. The molecule has 0 saturated carbocycles. The number of aliphatic hydroxyl groups excluding tert-OH is 1. The standard InChI is InChI=1S/C22H26N4O4S/c1-29-14-30-13-16-10-19-20(11-18(16)24-21(28)17-4-2-3-7-23-17)31-22(25-19)26-8-5-15(12-27)6-9-26/h2-4,7,10-11,15,27H,5-6,8-9,12-14H2,1H3,(H,24,28). The minimum absolute atomic E-state index is 0.160. The molecular formula is C22H26N4O4S. The van der Waals surface area contributed by atoms with E-state index >= 15 is 0 Å². The number of aromatic nitrogens is 2. The fourth-order valence-corrected chi connectivity index (χ4v) is 4.64. The van der Waals surface area contributed by atoms with E-state index in [1.165, 1.54) is 0 Å². The van der Waals surface area contributed by atoms with Crippen LogP contribution in [0.15, 0.2) is 36.5 Å². The van der Waals surface area contributed by atoms with Gasteiger partial charge in [-0.05, 0) is 43.0 Å². The van der Waals surface area contributed by atoms with Crippen molar-refractivity contribution in [2.75, 3.05) is 43.8 Å². The molecule has 0 aliphatic carbocycles. The van der Waals surface area contributed by atoms with Crippen molar-refractivity contribution in [2.45, 2.75) is 19.4 Å². The molecule has 2 aromatic heterocycles. The number of hydrogen-bond acceptors (Lipinski definition) is 8. The average molecular weight is 443 g/mol. The summed E-state index contributed by atoms with van der Waals surface area (Å²) in [5.41, 5.74) is 2.72. The Hall–Kier alpha value is -2.59. The molecular weight excluding hydrogens is 416 g/mol. The van der Waals surface area contributed by atoms with Gasteiger partial charge in [-0.2, -0.15) is 0 Å². The van der Waals surface area contributed by atoms with Crippen LogP contribution in [0, 0.1) is 5.92 Å². The molecule has 164 valence electrons. The molecule has 1 amide bonds. The molecule has 0 spiro atoms. The summed E-state index contributed by atoms with van der Waals surface area (Å²) in [7, 11) is 1.57. The topological polar surface area (TPSA) is 96.8 Å². The van der Waals surface area contributed by atoms with Crippen LogP contribution < -0.4 is 10.2 Å². The zero-order chi connectivity index (χ0) is 21.6. The number of carbonyl (C=O) groups excluding carboxylic acids is 1. The van der Waals surface area contributed by atoms with Crippen LogP contribution in [-0.2, 0) is 16.1 Å². The second kappa shape index (κ2) is 10.1. The Morgan fingerprint density at radius 2 is 2.16 bits per heavy atom. The van der Waals surface area contributed by atoms with Gasteiger partial charge in [0.15, 0.2) is 5.13 Å². The lowest BCUT2D eigenvalue weighted by atomic mass is 9.98. The molecule has 3 aromatic rings. The summed E-state index contributed by atoms with van der Waals surface area (Å²) in [6.07, 6.45) is 3.53. The van der Waals surface area contributed by atoms with Gasteiger partial charge in [0.05, 0.1) is 16.8 Å². The number of carbonyl (C=O) groups is 1. The lowest BCUT2D eigenvalue weighted by Gasteiger charge is -2.30. The van der Waals surface area contributed by atoms with E-state index in [1.54, 1.807) is 42.8 Å². The number of pyridine rings is 1. The highest BCUT2D eigenvalue weighted by Crippen LogP contribution is 2.35. The van der Waals surface area contributed by atoms with E-state index in [9.17, 15) is 9.90 Å². The monoisotopic (exact) mass is 442 g/mol. The van der Waals surface area contributed by atoms with Crippen LogP contribution in [0.5, 0.6) is 0 Å². The molecule has 0 radical (unpaired) electrons. The predicted molar refractivity (Wildman–Crippen MR) is 120 cm³/mol. The van der Waals surface area contributed by atoms with Crippen LogP contribution in [0.2, 0.25) is 0 Å². The molecule has 4 rings (SSSR count). The molecule has 1 fully saturated rings. The Morgan fingerprint density at radius 3 is 2.87 bits per heavy atom. The van der Waals surface area contributed by atoms with Crippen LogP contribution in [0.25, 0.3) is 10.2 Å². The number of nitrogens with one attached hydrogen (secondary N) is 1. The van der Waals surface area contributed by atoms with Gasteiger partial charge in [0.2, 0.25) is 0 Å². The minimum Gasteiger partial charge on any atom is -0.396 e. The molecule has 1 saturated heterocycles. The Kier molecular flexibility index (Phi) is 7.08. The molecule has 3 heterocycles. The van der Waals surface area contributed by atoms with E-state index in [-0.39, 0.29) is 25.9 Å². The Balaban J connectivity index is 1.60. The summed E-state index contributed by atoms with van der Waals surface area (Å²) in [4.78, 5) is 23.9. The molecule has 1 aliphatic heterocycles. The zero-order valence-electron chi connectivity index (χ0n) is 17.4. The van der Waals surface area contributed by atoms with Crippen molar-refractivity contribution in [3.05, 3.63) is 47.8 Å². The van der Waals surface area contributed by atoms with Crippen molar-refractivity contribution in [3.63, 3.8) is 0 Å². The number of ether oxygens (including phenoxy) is 2. The summed E-state index contributed by atoms with van der Waals surface area (Å²) in [6.45, 7) is 2.47. The quantitative estimate of drug-likeness (QED) is 0.408. The van der Waals surface area contributed by atoms with Gasteiger partial charge in [0, 0.05) is 44.3 Å². The average Bonchev–Trinajstić information content (AvgIpc) is 3.22. The van der Waals surface area contributed by atoms with Crippen molar-refractivity contribution >= 4 is 38.3 Å². The first-order valence-corrected chi connectivity index (χ1v) is 11.1. The van der Waals surface area contributed by atoms with E-state index in [1.807, 2.05) is 12.1 Å². The highest BCUT2D eigenvalue weighted by Gasteiger charge is 2.22. The number of benzene rings is 1. The van der Waals surface area contributed by atoms with Crippen LogP contribution in [0.4, 0.5) is 10.8 Å². The summed E-state index contributed by atoms with van der Waals surface area (Å²) in [5.74, 6) is 0.104. The largest absolute Gasteiger partial charge is 0.396 e. The van der Waals surface area contributed by atoms with Gasteiger partial charge in [-0.15, -0.1) is 0 Å². The Morgan fingerprint density at radius 1 is 1.32 bits per heavy atom. The third kappa shape index (κ3) is 5.19. The van der Waals surface area contributed by atoms with Crippen LogP contribution in [0.3, 0.4) is 0 Å². The van der Waals surface area contributed by atoms with E-state index in [0.29, 0.717) is 17.3 Å². The second-order valence-corrected chi connectivity index (χ2v) is 8.52. The highest BCUT2D eigenvalue weighted by atomic mass is 32.1. The van der Waals surface area contributed by atoms with E-state index < -0.39 is 0 Å². The number of piperidine rings is 1. The van der Waals surface area contributed by atoms with Gasteiger partial charge in [0.1, 0.15) is 12.5 Å². The van der Waals surface area contributed by atoms with Crippen molar-refractivity contribution in [2.24, 2.45) is 5.92 Å². The first kappa shape index (κ1) is 21.6. The lowest BCUT2D eigenvalue weighted by Crippen LogP contribution is -2.34. The molecule has 8 nitrogen and oxygen atoms in total. The fourth-order valence-electron chi connectivity index (χ4n) is 3.60. The molecule has 0 atom stereocenters. The third-order valence-corrected chi connectivity index (χ3v) is 6.43. The molecule has 0 bridgehead atoms. The molecule has 1 aromatic carbocycles. The fraction of sp³-hybridized carbons (Fsp3) is 0.409. The maximum atomic E-state index is 12.7. The Bertz CT molecular complexity index is 1020. The first-order chi connectivity index (χ1) is 15.2. The second-order valence-electron chi connectivity index (χ2n) is 7.51. The highest BCUT2D eigenvalue weighted by molar-refractivity contribution is 7.22. The minimum atomic E-state index is -0.274. The van der Waals surface area contributed by atoms with E-state index in [0.717, 1.165) is 46.8 Å². The number of thiazole rings is 1. The van der Waals surface area contributed by atoms with Gasteiger partial charge in [0.25, 0.3) is 5.91 Å². The van der Waals surface area contributed by atoms with Gasteiger partial charge in [-0.3, -0.25) is 9.78 Å². The van der Waals surface area contributed by atoms with E-state index in [4.69, 9.17) is 14.5 Å². The van der Waals surface area contributed by atoms with Gasteiger partial charge in [-0.1, -0.05) is 17.4 Å². The van der Waals surface area contributed by atoms with Crippen LogP contribution >= 0.6 is 11.3 Å². The summed E-state index contributed by atoms with van der Waals surface area (Å²) in [5, 5.41) is 13.3. The number of anilines is 2. The number of rotatable bonds is 8. The van der Waals surface area contributed by atoms with E-state index in [2.05, 4.69) is 15.2 Å². The van der Waals surface area contributed by atoms with Gasteiger partial charge >= 0.3 is 0 Å². The molecule has 9 heteroatoms. The van der Waals surface area contributed by atoms with Crippen molar-refractivity contribution < 1.29 is 19.4 Å². The first-order valence-electron chi connectivity index (χ1n) is 10.3. The summed E-state index contributed by atoms with van der Waals surface area (Å²) in [6, 6.07) is 9.14. The molecule has 0 unspecified atom stereocenters. The number of amides is 1. The van der Waals surface area contributed by atoms with Crippen LogP contribution in [-0.4, -0.2) is 54.6 Å². The normalized spacial score (nSPS) is 14.8. The van der Waals surface area contributed by atoms with Gasteiger partial charge in [-0.25, -0.2) is 4.98 Å². The Labute approximate surface area is 184 Å². The summed E-state index contributed by atoms with van der Waals surface area (Å²) >= 11 is 1.61. The SMILES string of the molecule is COCOCc1cc2nc(N3CCC(CO)CC3)sc2cc1NC(=O)c1ccccn1. The lowest BCUT2D eigenvalue weighted by molar-refractivity contribution is -0.0388. The molecule has 2 N–H and O–H groups in total. The van der Waals surface area contributed by atoms with Crippen molar-refractivity contribution in [1.82, 2.24) is 9.97 Å². The number of nitrogens with zero attached hydrogens (tertiary/aromatic N) is 3. The molecule has 31 heavy (non-hydrogen) atoms. The zero-order valence-corrected chi connectivity index (χ0v) is 18.2. The third-order valence-electron chi connectivity index (χ3n) is 5.35. The number of fused-ring (bicyclic) bond motifs is 1. The van der Waals surface area contributed by atoms with Crippen LogP contribution in [0.1, 0.15) is 28.9 Å². The number of aliphatic hydroxyl groups is 1. The smallest absolute Gasteiger partial charge is 0.274 e. The predicted octanol–water partition coefficient (Wildman–Crippen LogP) is 3.27. The van der Waals surface area contributed by atoms with Gasteiger partial charge < -0.3 is 24.8 Å². The molecule has 1 aliphatic rings.